The Morgan fingerprint density at radius 3 is 2.78 bits per heavy atom. The second kappa shape index (κ2) is 7.70. The van der Waals surface area contributed by atoms with Crippen LogP contribution in [0.3, 0.4) is 0 Å². The molecule has 0 unspecified atom stereocenters. The molecule has 0 fully saturated rings. The molecule has 2 aromatic rings. The highest BCUT2D eigenvalue weighted by atomic mass is 32.1. The summed E-state index contributed by atoms with van der Waals surface area (Å²) in [5.74, 6) is -0.0663. The maximum absolute atomic E-state index is 12.2. The lowest BCUT2D eigenvalue weighted by Gasteiger charge is -2.16. The van der Waals surface area contributed by atoms with E-state index in [0.29, 0.717) is 18.5 Å². The zero-order chi connectivity index (χ0) is 16.9. The summed E-state index contributed by atoms with van der Waals surface area (Å²) in [4.78, 5) is 16.6. The van der Waals surface area contributed by atoms with Gasteiger partial charge < -0.3 is 10.4 Å². The zero-order valence-corrected chi connectivity index (χ0v) is 14.7. The van der Waals surface area contributed by atoms with Gasteiger partial charge >= 0.3 is 0 Å². The quantitative estimate of drug-likeness (QED) is 0.819. The van der Waals surface area contributed by atoms with Gasteiger partial charge in [-0.1, -0.05) is 12.1 Å². The van der Waals surface area contributed by atoms with Crippen LogP contribution in [0.4, 0.5) is 0 Å². The van der Waals surface area contributed by atoms with Gasteiger partial charge in [-0.15, -0.1) is 11.3 Å². The Hall–Kier alpha value is -1.72. The highest BCUT2D eigenvalue weighted by Gasteiger charge is 2.13. The maximum Gasteiger partial charge on any atom is 0.251 e. The molecule has 0 aliphatic carbocycles. The highest BCUT2D eigenvalue weighted by molar-refractivity contribution is 7.09. The van der Waals surface area contributed by atoms with Crippen molar-refractivity contribution in [3.63, 3.8) is 0 Å². The van der Waals surface area contributed by atoms with Gasteiger partial charge in [-0.3, -0.25) is 4.79 Å². The van der Waals surface area contributed by atoms with Gasteiger partial charge in [0.15, 0.2) is 0 Å². The first kappa shape index (κ1) is 17.6. The van der Waals surface area contributed by atoms with Gasteiger partial charge in [0, 0.05) is 29.6 Å². The predicted molar refractivity (Wildman–Crippen MR) is 93.9 cm³/mol. The van der Waals surface area contributed by atoms with Gasteiger partial charge in [0.2, 0.25) is 0 Å². The third-order valence-corrected chi connectivity index (χ3v) is 4.53. The molecule has 0 saturated heterocycles. The summed E-state index contributed by atoms with van der Waals surface area (Å²) in [7, 11) is 0. The van der Waals surface area contributed by atoms with Crippen molar-refractivity contribution >= 4 is 17.2 Å². The smallest absolute Gasteiger partial charge is 0.251 e. The fraction of sp³-hybridized carbons (Fsp3) is 0.444. The lowest BCUT2D eigenvalue weighted by Crippen LogP contribution is -2.25. The van der Waals surface area contributed by atoms with Crippen LogP contribution in [-0.2, 0) is 12.8 Å². The van der Waals surface area contributed by atoms with Crippen LogP contribution in [0.15, 0.2) is 29.6 Å². The topological polar surface area (TPSA) is 62.2 Å². The number of aryl methyl sites for hydroxylation is 2. The van der Waals surface area contributed by atoms with E-state index in [1.807, 2.05) is 36.6 Å². The first-order valence-corrected chi connectivity index (χ1v) is 8.72. The number of hydrogen-bond acceptors (Lipinski definition) is 4. The van der Waals surface area contributed by atoms with Crippen molar-refractivity contribution in [2.24, 2.45) is 0 Å². The minimum atomic E-state index is -0.690. The minimum absolute atomic E-state index is 0.0663. The molecule has 124 valence electrons. The second-order valence-electron chi connectivity index (χ2n) is 6.40. The molecule has 1 aromatic carbocycles. The summed E-state index contributed by atoms with van der Waals surface area (Å²) in [6.45, 7) is 6.14. The van der Waals surface area contributed by atoms with Crippen LogP contribution in [-0.4, -0.2) is 28.1 Å². The van der Waals surface area contributed by atoms with E-state index in [4.69, 9.17) is 0 Å². The fourth-order valence-electron chi connectivity index (χ4n) is 2.22. The molecule has 0 radical (unpaired) electrons. The molecule has 4 nitrogen and oxygen atoms in total. The lowest BCUT2D eigenvalue weighted by atomic mass is 9.98. The van der Waals surface area contributed by atoms with Gasteiger partial charge in [0.05, 0.1) is 10.6 Å². The number of aromatic nitrogens is 1. The molecular formula is C18H24N2O2S. The molecule has 0 bridgehead atoms. The Bertz CT molecular complexity index is 659. The normalized spacial score (nSPS) is 11.5. The van der Waals surface area contributed by atoms with Gasteiger partial charge in [-0.05, 0) is 51.3 Å². The van der Waals surface area contributed by atoms with E-state index in [1.165, 1.54) is 0 Å². The molecule has 0 spiro atoms. The lowest BCUT2D eigenvalue weighted by molar-refractivity contribution is 0.0714. The van der Waals surface area contributed by atoms with Crippen LogP contribution in [0.2, 0.25) is 0 Å². The van der Waals surface area contributed by atoms with Crippen LogP contribution in [0.5, 0.6) is 0 Å². The number of carbonyl (C=O) groups excluding carboxylic acids is 1. The molecule has 0 aliphatic rings. The summed E-state index contributed by atoms with van der Waals surface area (Å²) >= 11 is 1.62. The van der Waals surface area contributed by atoms with Crippen molar-refractivity contribution in [1.82, 2.24) is 10.3 Å². The predicted octanol–water partition coefficient (Wildman–Crippen LogP) is 3.13. The average Bonchev–Trinajstić information content (AvgIpc) is 2.90. The van der Waals surface area contributed by atoms with Crippen LogP contribution in [0.1, 0.15) is 46.9 Å². The number of amides is 1. The highest BCUT2D eigenvalue weighted by Crippen LogP contribution is 2.14. The number of rotatable bonds is 7. The van der Waals surface area contributed by atoms with Crippen LogP contribution in [0.25, 0.3) is 0 Å². The number of benzene rings is 1. The van der Waals surface area contributed by atoms with Gasteiger partial charge in [-0.25, -0.2) is 4.98 Å². The van der Waals surface area contributed by atoms with E-state index in [0.717, 1.165) is 29.1 Å². The Morgan fingerprint density at radius 1 is 1.35 bits per heavy atom. The fourth-order valence-corrected chi connectivity index (χ4v) is 3.00. The summed E-state index contributed by atoms with van der Waals surface area (Å²) in [6, 6.07) is 7.59. The number of nitrogens with one attached hydrogen (secondary N) is 1. The SMILES string of the molecule is Cc1csc(CCNC(=O)c2cccc(CCC(C)(C)O)c2)n1. The van der Waals surface area contributed by atoms with Crippen LogP contribution >= 0.6 is 11.3 Å². The van der Waals surface area contributed by atoms with E-state index in [1.54, 1.807) is 25.2 Å². The van der Waals surface area contributed by atoms with Crippen molar-refractivity contribution < 1.29 is 9.90 Å². The van der Waals surface area contributed by atoms with Crippen molar-refractivity contribution in [2.75, 3.05) is 6.54 Å². The molecule has 1 amide bonds. The van der Waals surface area contributed by atoms with Gasteiger partial charge in [0.1, 0.15) is 0 Å². The van der Waals surface area contributed by atoms with Crippen molar-refractivity contribution in [1.29, 1.82) is 0 Å². The first-order valence-electron chi connectivity index (χ1n) is 7.84. The minimum Gasteiger partial charge on any atom is -0.390 e. The number of aliphatic hydroxyl groups is 1. The molecule has 5 heteroatoms. The van der Waals surface area contributed by atoms with Crippen molar-refractivity contribution in [3.05, 3.63) is 51.5 Å². The Balaban J connectivity index is 1.86. The molecule has 0 atom stereocenters. The summed E-state index contributed by atoms with van der Waals surface area (Å²) in [5, 5.41) is 15.8. The van der Waals surface area contributed by atoms with Crippen LogP contribution < -0.4 is 5.32 Å². The third-order valence-electron chi connectivity index (χ3n) is 3.51. The molecule has 1 heterocycles. The van der Waals surface area contributed by atoms with E-state index in [-0.39, 0.29) is 5.91 Å². The summed E-state index contributed by atoms with van der Waals surface area (Å²) < 4.78 is 0. The Kier molecular flexibility index (Phi) is 5.91. The summed E-state index contributed by atoms with van der Waals surface area (Å²) in [6.07, 6.45) is 2.17. The summed E-state index contributed by atoms with van der Waals surface area (Å²) in [5.41, 5.74) is 2.06. The van der Waals surface area contributed by atoms with Gasteiger partial charge in [-0.2, -0.15) is 0 Å². The number of hydrogen-bond donors (Lipinski definition) is 2. The molecule has 0 aliphatic heterocycles. The number of nitrogens with zero attached hydrogens (tertiary/aromatic N) is 1. The van der Waals surface area contributed by atoms with Crippen molar-refractivity contribution in [2.45, 2.75) is 45.6 Å². The molecule has 23 heavy (non-hydrogen) atoms. The van der Waals surface area contributed by atoms with E-state index >= 15 is 0 Å². The molecule has 1 aromatic heterocycles. The van der Waals surface area contributed by atoms with Crippen LogP contribution in [0, 0.1) is 6.92 Å². The number of carbonyl (C=O) groups is 1. The largest absolute Gasteiger partial charge is 0.390 e. The van der Waals surface area contributed by atoms with E-state index in [2.05, 4.69) is 10.3 Å². The second-order valence-corrected chi connectivity index (χ2v) is 7.34. The zero-order valence-electron chi connectivity index (χ0n) is 13.9. The third kappa shape index (κ3) is 6.12. The maximum atomic E-state index is 12.2. The average molecular weight is 332 g/mol. The monoisotopic (exact) mass is 332 g/mol. The molecular weight excluding hydrogens is 308 g/mol. The Labute approximate surface area is 141 Å². The van der Waals surface area contributed by atoms with E-state index in [9.17, 15) is 9.90 Å². The van der Waals surface area contributed by atoms with Gasteiger partial charge in [0.25, 0.3) is 5.91 Å². The molecule has 0 saturated carbocycles. The number of thiazole rings is 1. The standard InChI is InChI=1S/C18H24N2O2S/c1-13-12-23-16(20-13)8-10-19-17(21)15-6-4-5-14(11-15)7-9-18(2,3)22/h4-6,11-12,22H,7-10H2,1-3H3,(H,19,21). The molecule has 2 N–H and O–H groups in total. The first-order chi connectivity index (χ1) is 10.8. The van der Waals surface area contributed by atoms with E-state index < -0.39 is 5.60 Å². The molecule has 2 rings (SSSR count). The Morgan fingerprint density at radius 2 is 2.13 bits per heavy atom. The van der Waals surface area contributed by atoms with Crippen molar-refractivity contribution in [3.8, 4) is 0 Å².